The monoisotopic (exact) mass is 278 g/mol. The van der Waals surface area contributed by atoms with Gasteiger partial charge in [-0.25, -0.2) is 4.98 Å². The largest absolute Gasteiger partial charge is 0.439 e. The molecule has 4 heteroatoms. The minimum atomic E-state index is -0.139. The normalized spacial score (nSPS) is 10.3. The Morgan fingerprint density at radius 3 is 2.29 bits per heavy atom. The fourth-order valence-corrected chi connectivity index (χ4v) is 1.97. The number of rotatable bonds is 4. The third-order valence-electron chi connectivity index (χ3n) is 3.02. The lowest BCUT2D eigenvalue weighted by Crippen LogP contribution is -2.20. The van der Waals surface area contributed by atoms with Crippen molar-refractivity contribution in [1.29, 1.82) is 0 Å². The molecule has 0 spiro atoms. The summed E-state index contributed by atoms with van der Waals surface area (Å²) in [5, 5.41) is 0. The van der Waals surface area contributed by atoms with E-state index in [1.54, 1.807) is 4.57 Å². The van der Waals surface area contributed by atoms with Gasteiger partial charge >= 0.3 is 0 Å². The van der Waals surface area contributed by atoms with Crippen LogP contribution in [0.15, 0.2) is 77.9 Å². The van der Waals surface area contributed by atoms with E-state index in [1.807, 2.05) is 60.7 Å². The Hall–Kier alpha value is -2.88. The van der Waals surface area contributed by atoms with E-state index in [9.17, 15) is 4.79 Å². The van der Waals surface area contributed by atoms with E-state index in [0.717, 1.165) is 5.56 Å². The summed E-state index contributed by atoms with van der Waals surface area (Å²) in [6.45, 7) is 0.498. The summed E-state index contributed by atoms with van der Waals surface area (Å²) < 4.78 is 7.09. The van der Waals surface area contributed by atoms with Crippen molar-refractivity contribution in [2.75, 3.05) is 0 Å². The van der Waals surface area contributed by atoms with Gasteiger partial charge in [0.05, 0.1) is 12.6 Å². The summed E-state index contributed by atoms with van der Waals surface area (Å²) in [7, 11) is 0. The van der Waals surface area contributed by atoms with Crippen molar-refractivity contribution in [3.8, 4) is 11.6 Å². The molecule has 0 bridgehead atoms. The first-order valence-corrected chi connectivity index (χ1v) is 6.64. The predicted octanol–water partition coefficient (Wildman–Crippen LogP) is 3.08. The highest BCUT2D eigenvalue weighted by molar-refractivity contribution is 5.25. The average molecular weight is 278 g/mol. The number of para-hydroxylation sites is 1. The molecule has 1 heterocycles. The fourth-order valence-electron chi connectivity index (χ4n) is 1.97. The van der Waals surface area contributed by atoms with Crippen LogP contribution in [-0.4, -0.2) is 9.55 Å². The molecule has 0 amide bonds. The highest BCUT2D eigenvalue weighted by Crippen LogP contribution is 2.16. The number of nitrogens with zero attached hydrogens (tertiary/aromatic N) is 2. The van der Waals surface area contributed by atoms with Crippen molar-refractivity contribution in [3.63, 3.8) is 0 Å². The molecular weight excluding hydrogens is 264 g/mol. The van der Waals surface area contributed by atoms with Crippen LogP contribution in [0.1, 0.15) is 5.56 Å². The minimum absolute atomic E-state index is 0.139. The molecule has 0 aliphatic rings. The van der Waals surface area contributed by atoms with Gasteiger partial charge in [0.25, 0.3) is 5.56 Å². The van der Waals surface area contributed by atoms with Crippen molar-refractivity contribution in [3.05, 3.63) is 89.0 Å². The Morgan fingerprint density at radius 1 is 0.952 bits per heavy atom. The third kappa shape index (κ3) is 3.36. The van der Waals surface area contributed by atoms with E-state index >= 15 is 0 Å². The van der Waals surface area contributed by atoms with Crippen molar-refractivity contribution in [2.24, 2.45) is 0 Å². The molecule has 0 unspecified atom stereocenters. The van der Waals surface area contributed by atoms with Gasteiger partial charge in [0.2, 0.25) is 5.88 Å². The van der Waals surface area contributed by atoms with Crippen LogP contribution >= 0.6 is 0 Å². The van der Waals surface area contributed by atoms with Crippen LogP contribution in [0.2, 0.25) is 0 Å². The van der Waals surface area contributed by atoms with E-state index in [4.69, 9.17) is 4.74 Å². The van der Waals surface area contributed by atoms with Crippen molar-refractivity contribution in [2.45, 2.75) is 6.54 Å². The van der Waals surface area contributed by atoms with Crippen molar-refractivity contribution < 1.29 is 4.74 Å². The molecule has 3 aromatic rings. The number of aromatic nitrogens is 2. The summed E-state index contributed by atoms with van der Waals surface area (Å²) in [5.74, 6) is 0.959. The van der Waals surface area contributed by atoms with Crippen LogP contribution in [0.4, 0.5) is 0 Å². The molecule has 104 valence electrons. The number of ether oxygens (including phenoxy) is 1. The van der Waals surface area contributed by atoms with Crippen LogP contribution in [0, 0.1) is 0 Å². The van der Waals surface area contributed by atoms with Crippen LogP contribution in [0.5, 0.6) is 11.6 Å². The first kappa shape index (κ1) is 13.1. The molecule has 0 atom stereocenters. The molecule has 0 aliphatic carbocycles. The zero-order valence-electron chi connectivity index (χ0n) is 11.3. The van der Waals surface area contributed by atoms with Gasteiger partial charge in [-0.2, -0.15) is 0 Å². The molecule has 21 heavy (non-hydrogen) atoms. The number of hydrogen-bond acceptors (Lipinski definition) is 3. The number of hydrogen-bond donors (Lipinski definition) is 0. The average Bonchev–Trinajstić information content (AvgIpc) is 2.52. The molecular formula is C17H14N2O2. The van der Waals surface area contributed by atoms with Crippen LogP contribution in [-0.2, 0) is 6.54 Å². The van der Waals surface area contributed by atoms with E-state index < -0.39 is 0 Å². The Morgan fingerprint density at radius 2 is 1.62 bits per heavy atom. The molecule has 2 aromatic carbocycles. The smallest absolute Gasteiger partial charge is 0.257 e. The molecule has 0 N–H and O–H groups in total. The predicted molar refractivity (Wildman–Crippen MR) is 80.6 cm³/mol. The highest BCUT2D eigenvalue weighted by atomic mass is 16.5. The first-order valence-electron chi connectivity index (χ1n) is 6.64. The third-order valence-corrected chi connectivity index (χ3v) is 3.02. The lowest BCUT2D eigenvalue weighted by atomic mass is 10.2. The molecule has 3 rings (SSSR count). The molecule has 0 saturated heterocycles. The van der Waals surface area contributed by atoms with Gasteiger partial charge in [0, 0.05) is 0 Å². The van der Waals surface area contributed by atoms with Crippen molar-refractivity contribution in [1.82, 2.24) is 9.55 Å². The van der Waals surface area contributed by atoms with Gasteiger partial charge < -0.3 is 4.74 Å². The van der Waals surface area contributed by atoms with E-state index in [-0.39, 0.29) is 5.56 Å². The van der Waals surface area contributed by atoms with Gasteiger partial charge in [-0.15, -0.1) is 0 Å². The minimum Gasteiger partial charge on any atom is -0.439 e. The van der Waals surface area contributed by atoms with Gasteiger partial charge in [-0.1, -0.05) is 48.5 Å². The van der Waals surface area contributed by atoms with E-state index in [1.165, 1.54) is 12.4 Å². The Balaban J connectivity index is 1.79. The molecule has 1 aromatic heterocycles. The maximum Gasteiger partial charge on any atom is 0.257 e. The molecule has 0 radical (unpaired) electrons. The Labute approximate surface area is 122 Å². The lowest BCUT2D eigenvalue weighted by molar-refractivity contribution is 0.456. The SMILES string of the molecule is O=c1cc(Oc2ccccc2)ncn1Cc1ccccc1. The van der Waals surface area contributed by atoms with Gasteiger partial charge in [-0.05, 0) is 17.7 Å². The van der Waals surface area contributed by atoms with Crippen molar-refractivity contribution >= 4 is 0 Å². The fraction of sp³-hybridized carbons (Fsp3) is 0.0588. The summed E-state index contributed by atoms with van der Waals surface area (Å²) in [4.78, 5) is 16.2. The Kier molecular flexibility index (Phi) is 3.78. The second-order valence-electron chi connectivity index (χ2n) is 4.59. The topological polar surface area (TPSA) is 44.1 Å². The number of benzene rings is 2. The van der Waals surface area contributed by atoms with Crippen LogP contribution in [0.3, 0.4) is 0 Å². The van der Waals surface area contributed by atoms with Crippen LogP contribution < -0.4 is 10.3 Å². The van der Waals surface area contributed by atoms with Gasteiger partial charge in [0.1, 0.15) is 12.1 Å². The maximum atomic E-state index is 12.1. The molecule has 4 nitrogen and oxygen atoms in total. The molecule has 0 fully saturated rings. The zero-order valence-corrected chi connectivity index (χ0v) is 11.3. The lowest BCUT2D eigenvalue weighted by Gasteiger charge is -2.07. The maximum absolute atomic E-state index is 12.1. The summed E-state index contributed by atoms with van der Waals surface area (Å²) in [6.07, 6.45) is 1.51. The van der Waals surface area contributed by atoms with Crippen LogP contribution in [0.25, 0.3) is 0 Å². The van der Waals surface area contributed by atoms with Gasteiger partial charge in [-0.3, -0.25) is 9.36 Å². The highest BCUT2D eigenvalue weighted by Gasteiger charge is 2.03. The standard InChI is InChI=1S/C17H14N2O2/c20-17-11-16(21-15-9-5-2-6-10-15)18-13-19(17)12-14-7-3-1-4-8-14/h1-11,13H,12H2. The van der Waals surface area contributed by atoms with E-state index in [2.05, 4.69) is 4.98 Å². The summed E-state index contributed by atoms with van der Waals surface area (Å²) in [6, 6.07) is 20.4. The zero-order chi connectivity index (χ0) is 14.5. The second-order valence-corrected chi connectivity index (χ2v) is 4.59. The second kappa shape index (κ2) is 6.05. The summed E-state index contributed by atoms with van der Waals surface area (Å²) >= 11 is 0. The summed E-state index contributed by atoms with van der Waals surface area (Å²) in [5.41, 5.74) is 0.915. The molecule has 0 aliphatic heterocycles. The quantitative estimate of drug-likeness (QED) is 0.736. The molecule has 0 saturated carbocycles. The first-order chi connectivity index (χ1) is 10.3. The van der Waals surface area contributed by atoms with E-state index in [0.29, 0.717) is 18.2 Å². The Bertz CT molecular complexity index is 768. The van der Waals surface area contributed by atoms with Gasteiger partial charge in [0.15, 0.2) is 0 Å².